The van der Waals surface area contributed by atoms with Crippen molar-refractivity contribution in [3.8, 4) is 6.07 Å². The summed E-state index contributed by atoms with van der Waals surface area (Å²) in [6.45, 7) is 2.80. The first-order chi connectivity index (χ1) is 5.77. The highest BCUT2D eigenvalue weighted by Crippen LogP contribution is 2.04. The monoisotopic (exact) mass is 164 g/mol. The summed E-state index contributed by atoms with van der Waals surface area (Å²) in [5.74, 6) is 0.199. The molecule has 1 unspecified atom stereocenters. The maximum absolute atomic E-state index is 8.80. The average molecular weight is 164 g/mol. The van der Waals surface area contributed by atoms with Crippen molar-refractivity contribution in [1.29, 1.82) is 5.26 Å². The Hall–Kier alpha value is -1.27. The molecule has 0 fully saturated rings. The molecule has 1 atom stereocenters. The topological polar surface area (TPSA) is 49.0 Å². The number of aliphatic hydroxyl groups is 1. The molecule has 0 saturated carbocycles. The molecule has 12 heavy (non-hydrogen) atoms. The van der Waals surface area contributed by atoms with Gasteiger partial charge in [0.2, 0.25) is 0 Å². The quantitative estimate of drug-likeness (QED) is 0.724. The lowest BCUT2D eigenvalue weighted by Crippen LogP contribution is -2.11. The first kappa shape index (κ1) is 8.82. The lowest BCUT2D eigenvalue weighted by molar-refractivity contribution is 0.223. The standard InChI is InChI=1S/C9H12N2O/c1-8(7-12)6-11-4-2-3-9(11)5-10/h2-4,8,12H,6-7H2,1H3. The number of rotatable bonds is 3. The fourth-order valence-electron chi connectivity index (χ4n) is 1.07. The van der Waals surface area contributed by atoms with E-state index in [2.05, 4.69) is 6.07 Å². The van der Waals surface area contributed by atoms with Gasteiger partial charge < -0.3 is 9.67 Å². The van der Waals surface area contributed by atoms with Gasteiger partial charge in [-0.2, -0.15) is 5.26 Å². The number of hydrogen-bond donors (Lipinski definition) is 1. The molecule has 1 aromatic heterocycles. The molecule has 0 radical (unpaired) electrons. The summed E-state index contributed by atoms with van der Waals surface area (Å²) < 4.78 is 1.85. The van der Waals surface area contributed by atoms with E-state index >= 15 is 0 Å². The van der Waals surface area contributed by atoms with Crippen LogP contribution in [-0.4, -0.2) is 16.3 Å². The van der Waals surface area contributed by atoms with E-state index in [-0.39, 0.29) is 12.5 Å². The first-order valence-corrected chi connectivity index (χ1v) is 3.94. The predicted octanol–water partition coefficient (Wildman–Crippen LogP) is 0.988. The second kappa shape index (κ2) is 3.93. The summed E-state index contributed by atoms with van der Waals surface area (Å²) in [5.41, 5.74) is 0.648. The summed E-state index contributed by atoms with van der Waals surface area (Å²) >= 11 is 0. The van der Waals surface area contributed by atoms with Gasteiger partial charge in [-0.15, -0.1) is 0 Å². The van der Waals surface area contributed by atoms with Crippen molar-refractivity contribution in [1.82, 2.24) is 4.57 Å². The van der Waals surface area contributed by atoms with Crippen molar-refractivity contribution in [3.05, 3.63) is 24.0 Å². The number of aliphatic hydroxyl groups excluding tert-OH is 1. The van der Waals surface area contributed by atoms with Crippen LogP contribution in [0.2, 0.25) is 0 Å². The van der Waals surface area contributed by atoms with Crippen molar-refractivity contribution < 1.29 is 5.11 Å². The van der Waals surface area contributed by atoms with E-state index in [1.165, 1.54) is 0 Å². The van der Waals surface area contributed by atoms with Gasteiger partial charge in [-0.3, -0.25) is 0 Å². The highest BCUT2D eigenvalue weighted by atomic mass is 16.3. The molecule has 3 heteroatoms. The first-order valence-electron chi connectivity index (χ1n) is 3.94. The van der Waals surface area contributed by atoms with Crippen LogP contribution in [0.25, 0.3) is 0 Å². The van der Waals surface area contributed by atoms with Crippen LogP contribution in [0, 0.1) is 17.2 Å². The molecule has 0 aliphatic carbocycles. The van der Waals surface area contributed by atoms with Crippen LogP contribution in [0.1, 0.15) is 12.6 Å². The smallest absolute Gasteiger partial charge is 0.120 e. The van der Waals surface area contributed by atoms with Crippen LogP contribution >= 0.6 is 0 Å². The van der Waals surface area contributed by atoms with Crippen LogP contribution in [0.5, 0.6) is 0 Å². The molecule has 0 saturated heterocycles. The molecule has 0 aromatic carbocycles. The van der Waals surface area contributed by atoms with Crippen LogP contribution in [-0.2, 0) is 6.54 Å². The molecule has 0 bridgehead atoms. The zero-order chi connectivity index (χ0) is 8.97. The van der Waals surface area contributed by atoms with Gasteiger partial charge in [0.1, 0.15) is 11.8 Å². The van der Waals surface area contributed by atoms with Crippen LogP contribution in [0.15, 0.2) is 18.3 Å². The predicted molar refractivity (Wildman–Crippen MR) is 45.4 cm³/mol. The van der Waals surface area contributed by atoms with E-state index < -0.39 is 0 Å². The third-order valence-electron chi connectivity index (χ3n) is 1.76. The minimum atomic E-state index is 0.156. The zero-order valence-corrected chi connectivity index (χ0v) is 7.07. The molecule has 1 aromatic rings. The third kappa shape index (κ3) is 1.86. The second-order valence-electron chi connectivity index (χ2n) is 2.95. The summed E-state index contributed by atoms with van der Waals surface area (Å²) in [6.07, 6.45) is 1.85. The highest BCUT2D eigenvalue weighted by Gasteiger charge is 2.03. The van der Waals surface area contributed by atoms with Crippen LogP contribution in [0.3, 0.4) is 0 Å². The molecule has 1 N–H and O–H groups in total. The van der Waals surface area contributed by atoms with E-state index in [1.807, 2.05) is 23.8 Å². The lowest BCUT2D eigenvalue weighted by Gasteiger charge is -2.09. The van der Waals surface area contributed by atoms with Crippen LogP contribution in [0.4, 0.5) is 0 Å². The van der Waals surface area contributed by atoms with Crippen molar-refractivity contribution in [2.75, 3.05) is 6.61 Å². The minimum Gasteiger partial charge on any atom is -0.396 e. The molecule has 0 spiro atoms. The average Bonchev–Trinajstić information content (AvgIpc) is 2.51. The Bertz CT molecular complexity index is 285. The Kier molecular flexibility index (Phi) is 2.89. The summed E-state index contributed by atoms with van der Waals surface area (Å²) in [5, 5.41) is 17.5. The van der Waals surface area contributed by atoms with E-state index in [0.29, 0.717) is 12.2 Å². The normalized spacial score (nSPS) is 12.4. The van der Waals surface area contributed by atoms with Gasteiger partial charge in [0.25, 0.3) is 0 Å². The molecule has 1 heterocycles. The van der Waals surface area contributed by atoms with Gasteiger partial charge >= 0.3 is 0 Å². The maximum atomic E-state index is 8.80. The maximum Gasteiger partial charge on any atom is 0.120 e. The van der Waals surface area contributed by atoms with Gasteiger partial charge in [-0.1, -0.05) is 6.92 Å². The largest absolute Gasteiger partial charge is 0.396 e. The highest BCUT2D eigenvalue weighted by molar-refractivity contribution is 5.21. The summed E-state index contributed by atoms with van der Waals surface area (Å²) in [6, 6.07) is 5.69. The molecule has 64 valence electrons. The zero-order valence-electron chi connectivity index (χ0n) is 7.07. The van der Waals surface area contributed by atoms with Gasteiger partial charge in [-0.25, -0.2) is 0 Å². The summed E-state index contributed by atoms with van der Waals surface area (Å²) in [4.78, 5) is 0. The number of nitriles is 1. The van der Waals surface area contributed by atoms with Crippen LogP contribution < -0.4 is 0 Å². The van der Waals surface area contributed by atoms with E-state index in [0.717, 1.165) is 0 Å². The van der Waals surface area contributed by atoms with Gasteiger partial charge in [0.05, 0.1) is 0 Å². The number of hydrogen-bond acceptors (Lipinski definition) is 2. The number of aromatic nitrogens is 1. The third-order valence-corrected chi connectivity index (χ3v) is 1.76. The fraction of sp³-hybridized carbons (Fsp3) is 0.444. The fourth-order valence-corrected chi connectivity index (χ4v) is 1.07. The molecule has 0 aliphatic heterocycles. The van der Waals surface area contributed by atoms with Crippen molar-refractivity contribution >= 4 is 0 Å². The number of nitrogens with zero attached hydrogens (tertiary/aromatic N) is 2. The van der Waals surface area contributed by atoms with Crippen molar-refractivity contribution in [3.63, 3.8) is 0 Å². The van der Waals surface area contributed by atoms with Crippen molar-refractivity contribution in [2.24, 2.45) is 5.92 Å². The van der Waals surface area contributed by atoms with E-state index in [9.17, 15) is 0 Å². The van der Waals surface area contributed by atoms with Gasteiger partial charge in [0.15, 0.2) is 0 Å². The minimum absolute atomic E-state index is 0.156. The molecule has 0 aliphatic rings. The Morgan fingerprint density at radius 1 is 1.75 bits per heavy atom. The van der Waals surface area contributed by atoms with E-state index in [4.69, 9.17) is 10.4 Å². The Balaban J connectivity index is 2.69. The van der Waals surface area contributed by atoms with Gasteiger partial charge in [0, 0.05) is 19.3 Å². The van der Waals surface area contributed by atoms with Gasteiger partial charge in [-0.05, 0) is 18.1 Å². The second-order valence-corrected chi connectivity index (χ2v) is 2.95. The summed E-state index contributed by atoms with van der Waals surface area (Å²) in [7, 11) is 0. The van der Waals surface area contributed by atoms with E-state index in [1.54, 1.807) is 6.07 Å². The molecular weight excluding hydrogens is 152 g/mol. The molecule has 0 amide bonds. The lowest BCUT2D eigenvalue weighted by atomic mass is 10.2. The molecular formula is C9H12N2O. The Morgan fingerprint density at radius 3 is 3.08 bits per heavy atom. The molecule has 3 nitrogen and oxygen atoms in total. The Morgan fingerprint density at radius 2 is 2.50 bits per heavy atom. The SMILES string of the molecule is CC(CO)Cn1cccc1C#N. The Labute approximate surface area is 71.9 Å². The van der Waals surface area contributed by atoms with Crippen molar-refractivity contribution in [2.45, 2.75) is 13.5 Å². The molecule has 1 rings (SSSR count).